The molecule has 0 N–H and O–H groups in total. The van der Waals surface area contributed by atoms with E-state index in [2.05, 4.69) is 4.90 Å². The normalized spacial score (nSPS) is 20.9. The van der Waals surface area contributed by atoms with E-state index in [1.165, 1.54) is 9.80 Å². The molecule has 178 valence electrons. The Bertz CT molecular complexity index is 1040. The number of nitrogens with zero attached hydrogens (tertiary/aromatic N) is 4. The number of piperazine rings is 1. The van der Waals surface area contributed by atoms with Crippen LogP contribution in [0.15, 0.2) is 54.6 Å². The standard InChI is InChI=1S/C24H26N4O6/c29-22-21-17-25(16-18-6-8-20(9-7-18)33-19-4-2-1-3-5-19)10-11-27(21)23(30)28(22)34-24(31)26-12-14-32-15-13-26/h1-9,21H,10-17H2. The molecular formula is C24H26N4O6. The molecule has 0 aliphatic carbocycles. The van der Waals surface area contributed by atoms with Gasteiger partial charge in [0.1, 0.15) is 17.5 Å². The van der Waals surface area contributed by atoms with Crippen molar-refractivity contribution in [3.8, 4) is 11.5 Å². The van der Waals surface area contributed by atoms with Crippen LogP contribution in [0.2, 0.25) is 0 Å². The van der Waals surface area contributed by atoms with Crippen LogP contribution in [0.3, 0.4) is 0 Å². The Morgan fingerprint density at radius 3 is 2.35 bits per heavy atom. The monoisotopic (exact) mass is 466 g/mol. The number of amides is 4. The van der Waals surface area contributed by atoms with E-state index >= 15 is 0 Å². The molecule has 2 aromatic rings. The number of imide groups is 1. The summed E-state index contributed by atoms with van der Waals surface area (Å²) in [5.74, 6) is 1.01. The molecule has 3 saturated heterocycles. The zero-order valence-electron chi connectivity index (χ0n) is 18.7. The molecule has 1 unspecified atom stereocenters. The minimum absolute atomic E-state index is 0.366. The first kappa shape index (κ1) is 22.2. The van der Waals surface area contributed by atoms with Gasteiger partial charge >= 0.3 is 12.1 Å². The van der Waals surface area contributed by atoms with Gasteiger partial charge in [-0.3, -0.25) is 9.69 Å². The summed E-state index contributed by atoms with van der Waals surface area (Å²) in [4.78, 5) is 48.1. The van der Waals surface area contributed by atoms with Crippen LogP contribution in [0.4, 0.5) is 9.59 Å². The van der Waals surface area contributed by atoms with E-state index < -0.39 is 24.1 Å². The van der Waals surface area contributed by atoms with Gasteiger partial charge in [0.2, 0.25) is 0 Å². The molecule has 4 amide bonds. The molecule has 2 aromatic carbocycles. The number of hydroxylamine groups is 2. The molecule has 0 spiro atoms. The van der Waals surface area contributed by atoms with E-state index in [9.17, 15) is 14.4 Å². The van der Waals surface area contributed by atoms with Gasteiger partial charge in [0.25, 0.3) is 5.91 Å². The maximum absolute atomic E-state index is 12.9. The highest BCUT2D eigenvalue weighted by atomic mass is 16.7. The zero-order valence-corrected chi connectivity index (χ0v) is 18.7. The third-order valence-corrected chi connectivity index (χ3v) is 6.12. The van der Waals surface area contributed by atoms with Crippen molar-refractivity contribution in [2.24, 2.45) is 0 Å². The van der Waals surface area contributed by atoms with Crippen LogP contribution in [-0.2, 0) is 20.9 Å². The van der Waals surface area contributed by atoms with Crippen molar-refractivity contribution in [3.63, 3.8) is 0 Å². The summed E-state index contributed by atoms with van der Waals surface area (Å²) in [5.41, 5.74) is 1.07. The van der Waals surface area contributed by atoms with E-state index in [4.69, 9.17) is 14.3 Å². The summed E-state index contributed by atoms with van der Waals surface area (Å²) in [7, 11) is 0. The van der Waals surface area contributed by atoms with Gasteiger partial charge in [-0.05, 0) is 29.8 Å². The topological polar surface area (TPSA) is 91.9 Å². The Morgan fingerprint density at radius 1 is 0.912 bits per heavy atom. The van der Waals surface area contributed by atoms with Gasteiger partial charge in [-0.25, -0.2) is 9.59 Å². The molecule has 3 heterocycles. The van der Waals surface area contributed by atoms with Crippen LogP contribution in [-0.4, -0.2) is 89.8 Å². The Morgan fingerprint density at radius 2 is 1.62 bits per heavy atom. The maximum Gasteiger partial charge on any atom is 0.435 e. The molecule has 0 radical (unpaired) electrons. The van der Waals surface area contributed by atoms with Crippen molar-refractivity contribution >= 4 is 18.0 Å². The lowest BCUT2D eigenvalue weighted by atomic mass is 10.1. The van der Waals surface area contributed by atoms with Crippen molar-refractivity contribution in [1.29, 1.82) is 0 Å². The second-order valence-corrected chi connectivity index (χ2v) is 8.38. The highest BCUT2D eigenvalue weighted by Crippen LogP contribution is 2.25. The van der Waals surface area contributed by atoms with Crippen LogP contribution >= 0.6 is 0 Å². The fraction of sp³-hybridized carbons (Fsp3) is 0.375. The first-order valence-corrected chi connectivity index (χ1v) is 11.3. The van der Waals surface area contributed by atoms with Crippen molar-refractivity contribution < 1.29 is 28.7 Å². The Balaban J connectivity index is 1.17. The first-order valence-electron chi connectivity index (χ1n) is 11.3. The predicted molar refractivity (Wildman–Crippen MR) is 120 cm³/mol. The number of urea groups is 1. The van der Waals surface area contributed by atoms with Gasteiger partial charge in [0.15, 0.2) is 0 Å². The van der Waals surface area contributed by atoms with E-state index in [1.807, 2.05) is 54.6 Å². The van der Waals surface area contributed by atoms with Gasteiger partial charge in [-0.2, -0.15) is 0 Å². The molecule has 5 rings (SSSR count). The smallest absolute Gasteiger partial charge is 0.435 e. The average molecular weight is 466 g/mol. The third kappa shape index (κ3) is 4.68. The number of carbonyl (C=O) groups excluding carboxylic acids is 3. The number of ether oxygens (including phenoxy) is 2. The van der Waals surface area contributed by atoms with Crippen molar-refractivity contribution in [2.45, 2.75) is 12.6 Å². The van der Waals surface area contributed by atoms with E-state index in [-0.39, 0.29) is 0 Å². The van der Waals surface area contributed by atoms with Gasteiger partial charge in [0.05, 0.1) is 13.2 Å². The van der Waals surface area contributed by atoms with Crippen LogP contribution in [0.1, 0.15) is 5.56 Å². The van der Waals surface area contributed by atoms with Gasteiger partial charge in [0, 0.05) is 39.3 Å². The summed E-state index contributed by atoms with van der Waals surface area (Å²) in [5, 5.41) is 0.613. The summed E-state index contributed by atoms with van der Waals surface area (Å²) in [6.07, 6.45) is -0.709. The van der Waals surface area contributed by atoms with Gasteiger partial charge < -0.3 is 24.1 Å². The third-order valence-electron chi connectivity index (χ3n) is 6.12. The van der Waals surface area contributed by atoms with Crippen LogP contribution in [0.25, 0.3) is 0 Å². The Labute approximate surface area is 197 Å². The highest BCUT2D eigenvalue weighted by molar-refractivity contribution is 6.04. The maximum atomic E-state index is 12.9. The fourth-order valence-electron chi connectivity index (χ4n) is 4.28. The molecule has 10 heteroatoms. The molecule has 3 fully saturated rings. The Kier molecular flexibility index (Phi) is 6.33. The van der Waals surface area contributed by atoms with Crippen molar-refractivity contribution in [3.05, 3.63) is 60.2 Å². The lowest BCUT2D eigenvalue weighted by Gasteiger charge is -2.35. The number of rotatable bonds is 5. The van der Waals surface area contributed by atoms with E-state index in [0.717, 1.165) is 17.1 Å². The second-order valence-electron chi connectivity index (χ2n) is 8.38. The number of para-hydroxylation sites is 1. The van der Waals surface area contributed by atoms with Crippen LogP contribution in [0.5, 0.6) is 11.5 Å². The first-order chi connectivity index (χ1) is 16.6. The minimum Gasteiger partial charge on any atom is -0.457 e. The van der Waals surface area contributed by atoms with Crippen LogP contribution in [0, 0.1) is 0 Å². The molecule has 0 bridgehead atoms. The summed E-state index contributed by atoms with van der Waals surface area (Å²) in [6.45, 7) is 3.54. The quantitative estimate of drug-likeness (QED) is 0.625. The molecule has 0 saturated carbocycles. The lowest BCUT2D eigenvalue weighted by molar-refractivity contribution is -0.153. The second kappa shape index (κ2) is 9.70. The molecule has 3 aliphatic rings. The predicted octanol–water partition coefficient (Wildman–Crippen LogP) is 2.31. The molecule has 34 heavy (non-hydrogen) atoms. The molecule has 0 aromatic heterocycles. The van der Waals surface area contributed by atoms with Gasteiger partial charge in [-0.1, -0.05) is 35.4 Å². The largest absolute Gasteiger partial charge is 0.457 e. The molecular weight excluding hydrogens is 440 g/mol. The number of hydrogen-bond donors (Lipinski definition) is 0. The minimum atomic E-state index is -0.709. The number of fused-ring (bicyclic) bond motifs is 1. The average Bonchev–Trinajstić information content (AvgIpc) is 3.10. The summed E-state index contributed by atoms with van der Waals surface area (Å²) in [6, 6.07) is 16.1. The van der Waals surface area contributed by atoms with Crippen LogP contribution < -0.4 is 4.74 Å². The number of hydrogen-bond acceptors (Lipinski definition) is 7. The Hall–Kier alpha value is -3.63. The summed E-state index contributed by atoms with van der Waals surface area (Å²) < 4.78 is 11.0. The van der Waals surface area contributed by atoms with E-state index in [1.54, 1.807) is 0 Å². The SMILES string of the molecule is O=C(ON1C(=O)C2CN(Cc3ccc(Oc4ccccc4)cc3)CCN2C1=O)N1CCOCC1. The number of morpholine rings is 1. The molecule has 3 aliphatic heterocycles. The van der Waals surface area contributed by atoms with Crippen molar-refractivity contribution in [1.82, 2.24) is 19.8 Å². The highest BCUT2D eigenvalue weighted by Gasteiger charge is 2.50. The molecule has 10 nitrogen and oxygen atoms in total. The van der Waals surface area contributed by atoms with Crippen molar-refractivity contribution in [2.75, 3.05) is 45.9 Å². The lowest BCUT2D eigenvalue weighted by Crippen LogP contribution is -2.52. The van der Waals surface area contributed by atoms with E-state index in [0.29, 0.717) is 57.5 Å². The fourth-order valence-corrected chi connectivity index (χ4v) is 4.28. The molecule has 1 atom stereocenters. The summed E-state index contributed by atoms with van der Waals surface area (Å²) >= 11 is 0. The zero-order chi connectivity index (χ0) is 23.5. The number of benzene rings is 2. The number of carbonyl (C=O) groups is 3. The van der Waals surface area contributed by atoms with Gasteiger partial charge in [-0.15, -0.1) is 0 Å².